The first-order valence-corrected chi connectivity index (χ1v) is 7.92. The molecule has 0 bridgehead atoms. The average Bonchev–Trinajstić information content (AvgIpc) is 2.52. The molecule has 4 aromatic rings. The van der Waals surface area contributed by atoms with Gasteiger partial charge in [0.25, 0.3) is 0 Å². The molecule has 0 saturated heterocycles. The molecule has 0 spiro atoms. The lowest BCUT2D eigenvalue weighted by Crippen LogP contribution is -1.85. The summed E-state index contributed by atoms with van der Waals surface area (Å²) in [7, 11) is -2.87. The summed E-state index contributed by atoms with van der Waals surface area (Å²) in [5.74, 6) is 0. The highest BCUT2D eigenvalue weighted by Crippen LogP contribution is 2.35. The summed E-state index contributed by atoms with van der Waals surface area (Å²) in [5.41, 5.74) is 1.21. The minimum atomic E-state index is -2.87. The second-order valence-corrected chi connectivity index (χ2v) is 5.47. The Morgan fingerprint density at radius 3 is 1.91 bits per heavy atom. The molecule has 4 heteroatoms. The van der Waals surface area contributed by atoms with Crippen molar-refractivity contribution in [3.8, 4) is 0 Å². The summed E-state index contributed by atoms with van der Waals surface area (Å²) >= 11 is 0. The van der Waals surface area contributed by atoms with Crippen LogP contribution in [0.3, 0.4) is 0 Å². The fraction of sp³-hybridized carbons (Fsp3) is 0. The van der Waals surface area contributed by atoms with E-state index in [-0.39, 0.29) is 0 Å². The van der Waals surface area contributed by atoms with Crippen molar-refractivity contribution in [3.63, 3.8) is 0 Å². The first kappa shape index (κ1) is 14.6. The second kappa shape index (κ2) is 5.82. The Labute approximate surface area is 128 Å². The average molecular weight is 309 g/mol. The third kappa shape index (κ3) is 2.46. The van der Waals surface area contributed by atoms with Gasteiger partial charge in [0.1, 0.15) is 0 Å². The SMILES string of the molecule is C=Cc1ccc2ccc3cccc4ccc1c2c34.O=[P+](O)O. The van der Waals surface area contributed by atoms with E-state index >= 15 is 0 Å². The molecule has 108 valence electrons. The van der Waals surface area contributed by atoms with E-state index in [1.165, 1.54) is 37.9 Å². The van der Waals surface area contributed by atoms with Gasteiger partial charge in [-0.25, -0.2) is 0 Å². The van der Waals surface area contributed by atoms with Crippen LogP contribution in [0.15, 0.2) is 61.2 Å². The summed E-state index contributed by atoms with van der Waals surface area (Å²) in [6.45, 7) is 3.91. The number of hydrogen-bond donors (Lipinski definition) is 2. The van der Waals surface area contributed by atoms with Gasteiger partial charge in [-0.05, 0) is 37.9 Å². The van der Waals surface area contributed by atoms with Crippen LogP contribution in [0.2, 0.25) is 0 Å². The molecule has 2 N–H and O–H groups in total. The Hall–Kier alpha value is -2.32. The van der Waals surface area contributed by atoms with E-state index in [4.69, 9.17) is 14.4 Å². The Balaban J connectivity index is 0.000000325. The maximum atomic E-state index is 8.70. The molecule has 0 aliphatic carbocycles. The molecule has 4 rings (SSSR count). The topological polar surface area (TPSA) is 57.5 Å². The Kier molecular flexibility index (Phi) is 3.86. The molecule has 0 unspecified atom stereocenters. The van der Waals surface area contributed by atoms with Gasteiger partial charge >= 0.3 is 8.25 Å². The van der Waals surface area contributed by atoms with Gasteiger partial charge in [-0.3, -0.25) is 0 Å². The van der Waals surface area contributed by atoms with Crippen LogP contribution in [0.25, 0.3) is 38.4 Å². The van der Waals surface area contributed by atoms with Gasteiger partial charge in [-0.15, -0.1) is 9.79 Å². The van der Waals surface area contributed by atoms with Crippen LogP contribution in [-0.4, -0.2) is 9.79 Å². The van der Waals surface area contributed by atoms with Crippen LogP contribution in [-0.2, 0) is 4.57 Å². The Bertz CT molecular complexity index is 972. The van der Waals surface area contributed by atoms with Gasteiger partial charge in [-0.2, -0.15) is 0 Å². The van der Waals surface area contributed by atoms with Gasteiger partial charge in [0.05, 0.1) is 0 Å². The molecule has 0 aromatic heterocycles. The maximum absolute atomic E-state index is 8.70. The lowest BCUT2D eigenvalue weighted by atomic mass is 9.92. The molecule has 0 fully saturated rings. The van der Waals surface area contributed by atoms with Gasteiger partial charge < -0.3 is 0 Å². The molecule has 3 nitrogen and oxygen atoms in total. The van der Waals surface area contributed by atoms with Crippen molar-refractivity contribution in [2.75, 3.05) is 0 Å². The summed E-state index contributed by atoms with van der Waals surface area (Å²) in [5, 5.41) is 7.96. The lowest BCUT2D eigenvalue weighted by molar-refractivity contribution is 0.405. The second-order valence-electron chi connectivity index (χ2n) is 4.97. The fourth-order valence-electron chi connectivity index (χ4n) is 2.94. The number of benzene rings is 4. The molecule has 0 aliphatic rings. The van der Waals surface area contributed by atoms with Gasteiger partial charge in [0.15, 0.2) is 0 Å². The van der Waals surface area contributed by atoms with Crippen LogP contribution in [0, 0.1) is 0 Å². The summed E-state index contributed by atoms with van der Waals surface area (Å²) in [6.07, 6.45) is 1.94. The molecule has 0 amide bonds. The molecular formula is C18H14O3P+. The summed E-state index contributed by atoms with van der Waals surface area (Å²) < 4.78 is 8.70. The van der Waals surface area contributed by atoms with E-state index in [1.807, 2.05) is 6.08 Å². The normalized spacial score (nSPS) is 10.6. The van der Waals surface area contributed by atoms with Crippen molar-refractivity contribution < 1.29 is 14.4 Å². The quantitative estimate of drug-likeness (QED) is 0.390. The standard InChI is InChI=1S/C18H12.HO3P/c1-2-12-6-7-15-9-8-13-4-3-5-14-10-11-16(12)18(15)17(13)14;1-4(2)3/h2-11H,1H2;(H-,1,2,3)/p+1. The molecule has 0 radical (unpaired) electrons. The van der Waals surface area contributed by atoms with Gasteiger partial charge in [0.2, 0.25) is 0 Å². The zero-order chi connectivity index (χ0) is 15.7. The highest BCUT2D eigenvalue weighted by Gasteiger charge is 2.08. The van der Waals surface area contributed by atoms with Crippen molar-refractivity contribution >= 4 is 46.6 Å². The minimum absolute atomic E-state index is 1.21. The monoisotopic (exact) mass is 309 g/mol. The predicted molar refractivity (Wildman–Crippen MR) is 92.3 cm³/mol. The van der Waals surface area contributed by atoms with Crippen LogP contribution in [0.1, 0.15) is 5.56 Å². The fourth-order valence-corrected chi connectivity index (χ4v) is 2.94. The summed E-state index contributed by atoms with van der Waals surface area (Å²) in [6, 6.07) is 19.6. The van der Waals surface area contributed by atoms with Gasteiger partial charge in [-0.1, -0.05) is 67.3 Å². The first-order valence-electron chi connectivity index (χ1n) is 6.76. The molecule has 0 saturated carbocycles. The molecular weight excluding hydrogens is 295 g/mol. The molecule has 4 aromatic carbocycles. The Morgan fingerprint density at radius 1 is 0.818 bits per heavy atom. The van der Waals surface area contributed by atoms with Crippen molar-refractivity contribution in [1.29, 1.82) is 0 Å². The minimum Gasteiger partial charge on any atom is -0.134 e. The third-order valence-corrected chi connectivity index (χ3v) is 3.78. The van der Waals surface area contributed by atoms with Gasteiger partial charge in [0, 0.05) is 4.57 Å². The van der Waals surface area contributed by atoms with E-state index < -0.39 is 8.25 Å². The van der Waals surface area contributed by atoms with Crippen molar-refractivity contribution in [2.24, 2.45) is 0 Å². The zero-order valence-corrected chi connectivity index (χ0v) is 12.6. The molecule has 0 heterocycles. The van der Waals surface area contributed by atoms with E-state index in [0.29, 0.717) is 0 Å². The number of rotatable bonds is 1. The zero-order valence-electron chi connectivity index (χ0n) is 11.7. The van der Waals surface area contributed by atoms with Crippen LogP contribution in [0.5, 0.6) is 0 Å². The van der Waals surface area contributed by atoms with Crippen molar-refractivity contribution in [1.82, 2.24) is 0 Å². The maximum Gasteiger partial charge on any atom is 0.692 e. The van der Waals surface area contributed by atoms with Crippen molar-refractivity contribution in [3.05, 3.63) is 66.7 Å². The van der Waals surface area contributed by atoms with E-state index in [2.05, 4.69) is 61.2 Å². The molecule has 0 atom stereocenters. The highest BCUT2D eigenvalue weighted by molar-refractivity contribution is 7.30. The predicted octanol–water partition coefficient (Wildman–Crippen LogP) is 4.86. The van der Waals surface area contributed by atoms with Crippen LogP contribution < -0.4 is 0 Å². The largest absolute Gasteiger partial charge is 0.692 e. The smallest absolute Gasteiger partial charge is 0.134 e. The van der Waals surface area contributed by atoms with Crippen molar-refractivity contribution in [2.45, 2.75) is 0 Å². The van der Waals surface area contributed by atoms with Crippen LogP contribution in [0.4, 0.5) is 0 Å². The molecule has 0 aliphatic heterocycles. The van der Waals surface area contributed by atoms with E-state index in [9.17, 15) is 0 Å². The first-order chi connectivity index (χ1) is 10.6. The third-order valence-electron chi connectivity index (χ3n) is 3.78. The molecule has 22 heavy (non-hydrogen) atoms. The van der Waals surface area contributed by atoms with E-state index in [1.54, 1.807) is 0 Å². The lowest BCUT2D eigenvalue weighted by Gasteiger charge is -2.12. The number of hydrogen-bond acceptors (Lipinski definition) is 1. The summed E-state index contributed by atoms with van der Waals surface area (Å²) in [4.78, 5) is 14.2. The Morgan fingerprint density at radius 2 is 1.32 bits per heavy atom. The van der Waals surface area contributed by atoms with Crippen LogP contribution >= 0.6 is 8.25 Å². The highest BCUT2D eigenvalue weighted by atomic mass is 31.1. The van der Waals surface area contributed by atoms with E-state index in [0.717, 1.165) is 0 Å².